The maximum atomic E-state index is 12.7. The van der Waals surface area contributed by atoms with Gasteiger partial charge in [0.15, 0.2) is 11.6 Å². The van der Waals surface area contributed by atoms with Crippen LogP contribution in [0.2, 0.25) is 10.0 Å². The van der Waals surface area contributed by atoms with E-state index in [0.717, 1.165) is 0 Å². The summed E-state index contributed by atoms with van der Waals surface area (Å²) in [6, 6.07) is 4.74. The normalized spacial score (nSPS) is 14.9. The van der Waals surface area contributed by atoms with Crippen molar-refractivity contribution in [1.29, 1.82) is 0 Å². The summed E-state index contributed by atoms with van der Waals surface area (Å²) in [5, 5.41) is 7.06. The molecule has 1 saturated heterocycles. The lowest BCUT2D eigenvalue weighted by Crippen LogP contribution is -2.41. The average Bonchev–Trinajstić information content (AvgIpc) is 3.05. The molecule has 1 fully saturated rings. The topological polar surface area (TPSA) is 84.7 Å². The second-order valence-corrected chi connectivity index (χ2v) is 7.17. The lowest BCUT2D eigenvalue weighted by molar-refractivity contribution is -0.121. The van der Waals surface area contributed by atoms with Gasteiger partial charge in [-0.3, -0.25) is 9.59 Å². The van der Waals surface area contributed by atoms with Crippen LogP contribution in [0.4, 0.5) is 5.82 Å². The summed E-state index contributed by atoms with van der Waals surface area (Å²) in [5.74, 6) is 0.891. The Morgan fingerprint density at radius 3 is 2.37 bits per heavy atom. The monoisotopic (exact) mass is 411 g/mol. The summed E-state index contributed by atoms with van der Waals surface area (Å²) in [6.07, 6.45) is 1.12. The molecule has 0 radical (unpaired) electrons. The van der Waals surface area contributed by atoms with Crippen LogP contribution in [-0.2, 0) is 4.79 Å². The number of carbonyl (C=O) groups excluding carboxylic acids is 2. The lowest BCUT2D eigenvalue weighted by atomic mass is 9.95. The molecule has 1 aliphatic rings. The van der Waals surface area contributed by atoms with Crippen LogP contribution >= 0.6 is 23.2 Å². The summed E-state index contributed by atoms with van der Waals surface area (Å²) >= 11 is 12.2. The number of halogens is 2. The number of anilines is 1. The van der Waals surface area contributed by atoms with E-state index in [1.165, 1.54) is 7.11 Å². The maximum Gasteiger partial charge on any atom is 0.253 e. The molecule has 3 rings (SSSR count). The SMILES string of the molecule is COc1c(Cl)cc(C(=O)N2CCC(C(=O)Nc3cc(C)on3)CC2)cc1Cl. The number of likely N-dealkylation sites (tertiary alicyclic amines) is 1. The molecule has 1 aromatic carbocycles. The van der Waals surface area contributed by atoms with E-state index in [4.69, 9.17) is 32.5 Å². The number of piperidine rings is 1. The van der Waals surface area contributed by atoms with E-state index >= 15 is 0 Å². The molecule has 0 bridgehead atoms. The number of methoxy groups -OCH3 is 1. The molecule has 1 aliphatic heterocycles. The van der Waals surface area contributed by atoms with Crippen molar-refractivity contribution in [1.82, 2.24) is 10.1 Å². The standard InChI is InChI=1S/C18H19Cl2N3O4/c1-10-7-15(22-27-10)21-17(24)11-3-5-23(6-4-11)18(25)12-8-13(19)16(26-2)14(20)9-12/h7-9,11H,3-6H2,1-2H3,(H,21,22,24). The number of hydrogen-bond donors (Lipinski definition) is 1. The third-order valence-corrected chi connectivity index (χ3v) is 5.04. The van der Waals surface area contributed by atoms with E-state index in [-0.39, 0.29) is 27.8 Å². The van der Waals surface area contributed by atoms with Crippen LogP contribution in [0.25, 0.3) is 0 Å². The summed E-state index contributed by atoms with van der Waals surface area (Å²) in [4.78, 5) is 26.8. The van der Waals surface area contributed by atoms with Gasteiger partial charge in [0, 0.05) is 30.6 Å². The number of carbonyl (C=O) groups is 2. The Morgan fingerprint density at radius 1 is 1.22 bits per heavy atom. The van der Waals surface area contributed by atoms with Crippen molar-refractivity contribution in [3.63, 3.8) is 0 Å². The predicted molar refractivity (Wildman–Crippen MR) is 102 cm³/mol. The summed E-state index contributed by atoms with van der Waals surface area (Å²) in [5.41, 5.74) is 0.395. The first kappa shape index (κ1) is 19.5. The van der Waals surface area contributed by atoms with Crippen LogP contribution in [0.15, 0.2) is 22.7 Å². The molecule has 27 heavy (non-hydrogen) atoms. The second-order valence-electron chi connectivity index (χ2n) is 6.35. The Bertz CT molecular complexity index is 837. The van der Waals surface area contributed by atoms with Crippen molar-refractivity contribution >= 4 is 40.8 Å². The first-order valence-corrected chi connectivity index (χ1v) is 9.21. The zero-order valence-corrected chi connectivity index (χ0v) is 16.4. The highest BCUT2D eigenvalue weighted by Gasteiger charge is 2.29. The van der Waals surface area contributed by atoms with Crippen LogP contribution in [0.5, 0.6) is 5.75 Å². The van der Waals surface area contributed by atoms with Crippen LogP contribution in [0.1, 0.15) is 29.0 Å². The van der Waals surface area contributed by atoms with E-state index in [1.807, 2.05) is 0 Å². The van der Waals surface area contributed by atoms with Crippen molar-refractivity contribution in [2.45, 2.75) is 19.8 Å². The molecule has 0 aliphatic carbocycles. The molecule has 7 nitrogen and oxygen atoms in total. The third kappa shape index (κ3) is 4.36. The van der Waals surface area contributed by atoms with Crippen molar-refractivity contribution in [2.24, 2.45) is 5.92 Å². The average molecular weight is 412 g/mol. The number of aromatic nitrogens is 1. The van der Waals surface area contributed by atoms with Crippen molar-refractivity contribution in [3.05, 3.63) is 39.6 Å². The Hall–Kier alpha value is -2.25. The molecular formula is C18H19Cl2N3O4. The van der Waals surface area contributed by atoms with E-state index in [9.17, 15) is 9.59 Å². The Morgan fingerprint density at radius 2 is 1.85 bits per heavy atom. The number of nitrogens with zero attached hydrogens (tertiary/aromatic N) is 2. The predicted octanol–water partition coefficient (Wildman–Crippen LogP) is 3.79. The quantitative estimate of drug-likeness (QED) is 0.826. The van der Waals surface area contributed by atoms with Crippen molar-refractivity contribution in [3.8, 4) is 5.75 Å². The highest BCUT2D eigenvalue weighted by Crippen LogP contribution is 2.34. The Balaban J connectivity index is 1.60. The number of nitrogens with one attached hydrogen (secondary N) is 1. The minimum atomic E-state index is -0.186. The fourth-order valence-electron chi connectivity index (χ4n) is 3.06. The number of benzene rings is 1. The number of aryl methyl sites for hydroxylation is 1. The largest absolute Gasteiger partial charge is 0.494 e. The van der Waals surface area contributed by atoms with E-state index in [0.29, 0.717) is 48.8 Å². The van der Waals surface area contributed by atoms with Gasteiger partial charge in [0.25, 0.3) is 5.91 Å². The van der Waals surface area contributed by atoms with Gasteiger partial charge in [0.1, 0.15) is 5.76 Å². The fraction of sp³-hybridized carbons (Fsp3) is 0.389. The van der Waals surface area contributed by atoms with Crippen LogP contribution < -0.4 is 10.1 Å². The van der Waals surface area contributed by atoms with Gasteiger partial charge in [0.05, 0.1) is 17.2 Å². The van der Waals surface area contributed by atoms with Gasteiger partial charge < -0.3 is 19.5 Å². The van der Waals surface area contributed by atoms with Gasteiger partial charge in [-0.1, -0.05) is 28.4 Å². The molecule has 9 heteroatoms. The zero-order valence-electron chi connectivity index (χ0n) is 14.9. The third-order valence-electron chi connectivity index (χ3n) is 4.48. The molecule has 0 saturated carbocycles. The number of amides is 2. The van der Waals surface area contributed by atoms with Gasteiger partial charge in [-0.15, -0.1) is 0 Å². The first-order valence-electron chi connectivity index (χ1n) is 8.45. The van der Waals surface area contributed by atoms with E-state index in [1.54, 1.807) is 30.0 Å². The molecule has 2 aromatic rings. The van der Waals surface area contributed by atoms with Crippen LogP contribution in [0.3, 0.4) is 0 Å². The molecule has 1 N–H and O–H groups in total. The van der Waals surface area contributed by atoms with Crippen molar-refractivity contribution < 1.29 is 18.8 Å². The summed E-state index contributed by atoms with van der Waals surface area (Å²) in [7, 11) is 1.46. The van der Waals surface area contributed by atoms with Gasteiger partial charge in [0.2, 0.25) is 5.91 Å². The number of hydrogen-bond acceptors (Lipinski definition) is 5. The van der Waals surface area contributed by atoms with E-state index < -0.39 is 0 Å². The summed E-state index contributed by atoms with van der Waals surface area (Å²) < 4.78 is 10.0. The van der Waals surface area contributed by atoms with Gasteiger partial charge in [-0.05, 0) is 31.9 Å². The first-order chi connectivity index (χ1) is 12.9. The van der Waals surface area contributed by atoms with Crippen LogP contribution in [-0.4, -0.2) is 42.1 Å². The molecule has 1 aromatic heterocycles. The lowest BCUT2D eigenvalue weighted by Gasteiger charge is -2.31. The molecule has 2 heterocycles. The summed E-state index contributed by atoms with van der Waals surface area (Å²) in [6.45, 7) is 2.69. The Labute approximate surface area is 166 Å². The van der Waals surface area contributed by atoms with Crippen molar-refractivity contribution in [2.75, 3.05) is 25.5 Å². The maximum absolute atomic E-state index is 12.7. The van der Waals surface area contributed by atoms with E-state index in [2.05, 4.69) is 10.5 Å². The molecule has 2 amide bonds. The molecule has 144 valence electrons. The molecule has 0 atom stereocenters. The minimum Gasteiger partial charge on any atom is -0.494 e. The van der Waals surface area contributed by atoms with Gasteiger partial charge in [-0.25, -0.2) is 0 Å². The fourth-order valence-corrected chi connectivity index (χ4v) is 3.70. The second kappa shape index (κ2) is 8.19. The van der Waals surface area contributed by atoms with Gasteiger partial charge >= 0.3 is 0 Å². The van der Waals surface area contributed by atoms with Gasteiger partial charge in [-0.2, -0.15) is 0 Å². The molecular weight excluding hydrogens is 393 g/mol. The Kier molecular flexibility index (Phi) is 5.92. The minimum absolute atomic E-state index is 0.120. The smallest absolute Gasteiger partial charge is 0.253 e. The van der Waals surface area contributed by atoms with Crippen LogP contribution in [0, 0.1) is 12.8 Å². The highest BCUT2D eigenvalue weighted by molar-refractivity contribution is 6.37. The molecule has 0 spiro atoms. The number of rotatable bonds is 4. The molecule has 0 unspecified atom stereocenters. The number of ether oxygens (including phenoxy) is 1. The highest BCUT2D eigenvalue weighted by atomic mass is 35.5. The zero-order chi connectivity index (χ0) is 19.6.